The zero-order chi connectivity index (χ0) is 17.3. The Morgan fingerprint density at radius 3 is 2.62 bits per heavy atom. The van der Waals surface area contributed by atoms with Gasteiger partial charge in [-0.25, -0.2) is 4.79 Å². The summed E-state index contributed by atoms with van der Waals surface area (Å²) in [5, 5.41) is 3.49. The van der Waals surface area contributed by atoms with E-state index in [4.69, 9.17) is 4.74 Å². The second kappa shape index (κ2) is 6.75. The number of nitrogens with one attached hydrogen (secondary N) is 2. The van der Waals surface area contributed by atoms with E-state index in [0.717, 1.165) is 35.5 Å². The number of carbonyl (C=O) groups is 2. The number of amides is 1. The fraction of sp³-hybridized carbons (Fsp3) is 0.333. The Kier molecular flexibility index (Phi) is 4.69. The molecule has 1 aliphatic rings. The average molecular weight is 345 g/mol. The first-order chi connectivity index (χ1) is 11.5. The Bertz CT molecular complexity index is 780. The van der Waals surface area contributed by atoms with Gasteiger partial charge in [0, 0.05) is 12.0 Å². The molecule has 24 heavy (non-hydrogen) atoms. The van der Waals surface area contributed by atoms with Crippen LogP contribution in [0.5, 0.6) is 0 Å². The summed E-state index contributed by atoms with van der Waals surface area (Å²) >= 11 is 1.48. The molecular formula is C18H21N2O3S+. The van der Waals surface area contributed by atoms with E-state index in [-0.39, 0.29) is 11.9 Å². The van der Waals surface area contributed by atoms with E-state index in [9.17, 15) is 9.59 Å². The lowest BCUT2D eigenvalue weighted by atomic mass is 10.0. The molecule has 0 spiro atoms. The molecule has 2 heterocycles. The van der Waals surface area contributed by atoms with Crippen LogP contribution in [0, 0.1) is 6.92 Å². The van der Waals surface area contributed by atoms with E-state index < -0.39 is 0 Å². The van der Waals surface area contributed by atoms with Gasteiger partial charge in [0.25, 0.3) is 5.91 Å². The van der Waals surface area contributed by atoms with E-state index in [1.807, 2.05) is 19.1 Å². The molecule has 1 amide bonds. The van der Waals surface area contributed by atoms with Crippen LogP contribution in [-0.2, 0) is 17.7 Å². The number of ether oxygens (including phenoxy) is 1. The van der Waals surface area contributed by atoms with Crippen molar-refractivity contribution in [2.24, 2.45) is 0 Å². The number of hydrogen-bond acceptors (Lipinski definition) is 4. The summed E-state index contributed by atoms with van der Waals surface area (Å²) in [6.07, 6.45) is 0.822. The monoisotopic (exact) mass is 345 g/mol. The third kappa shape index (κ3) is 3.20. The molecule has 0 aliphatic carbocycles. The number of likely N-dealkylation sites (N-methyl/N-ethyl adjacent to an activating group) is 1. The summed E-state index contributed by atoms with van der Waals surface area (Å²) in [6.45, 7) is 3.81. The third-order valence-corrected chi connectivity index (χ3v) is 5.43. The quantitative estimate of drug-likeness (QED) is 0.832. The Balaban J connectivity index is 1.93. The molecule has 1 atom stereocenters. The lowest BCUT2D eigenvalue weighted by molar-refractivity contribution is -0.895. The molecule has 2 N–H and O–H groups in total. The number of hydrogen-bond donors (Lipinski definition) is 2. The number of anilines is 1. The van der Waals surface area contributed by atoms with Crippen molar-refractivity contribution in [3.05, 3.63) is 51.4 Å². The molecular weight excluding hydrogens is 324 g/mol. The Morgan fingerprint density at radius 1 is 1.25 bits per heavy atom. The maximum Gasteiger partial charge on any atom is 0.341 e. The molecule has 1 aromatic carbocycles. The van der Waals surface area contributed by atoms with E-state index in [1.54, 1.807) is 12.1 Å². The molecule has 0 bridgehead atoms. The number of benzene rings is 1. The van der Waals surface area contributed by atoms with Crippen LogP contribution >= 0.6 is 11.3 Å². The SMILES string of the molecule is COC(=O)c1c(NC(=O)c2ccc(C)cc2)sc2c1CC[NH+](C)C2. The van der Waals surface area contributed by atoms with Gasteiger partial charge in [-0.15, -0.1) is 11.3 Å². The summed E-state index contributed by atoms with van der Waals surface area (Å²) < 4.78 is 4.94. The number of aryl methyl sites for hydroxylation is 1. The van der Waals surface area contributed by atoms with Gasteiger partial charge >= 0.3 is 5.97 Å². The smallest absolute Gasteiger partial charge is 0.341 e. The molecule has 0 fully saturated rings. The second-order valence-corrected chi connectivity index (χ2v) is 7.26. The first-order valence-electron chi connectivity index (χ1n) is 7.91. The summed E-state index contributed by atoms with van der Waals surface area (Å²) in [4.78, 5) is 27.3. The standard InChI is InChI=1S/C18H20N2O3S/c1-11-4-6-12(7-5-11)16(21)19-17-15(18(22)23-3)13-8-9-20(2)10-14(13)24-17/h4-7H,8-10H2,1-3H3,(H,19,21)/p+1. The Hall–Kier alpha value is -2.18. The number of carbonyl (C=O) groups excluding carboxylic acids is 2. The predicted molar refractivity (Wildman–Crippen MR) is 94.0 cm³/mol. The topological polar surface area (TPSA) is 59.8 Å². The van der Waals surface area contributed by atoms with Crippen LogP contribution in [0.4, 0.5) is 5.00 Å². The maximum atomic E-state index is 12.5. The number of fused-ring (bicyclic) bond motifs is 1. The van der Waals surface area contributed by atoms with Gasteiger partial charge in [0.1, 0.15) is 11.5 Å². The molecule has 0 saturated carbocycles. The number of quaternary nitrogens is 1. The van der Waals surface area contributed by atoms with Crippen molar-refractivity contribution >= 4 is 28.2 Å². The highest BCUT2D eigenvalue weighted by Gasteiger charge is 2.30. The zero-order valence-corrected chi connectivity index (χ0v) is 14.9. The van der Waals surface area contributed by atoms with Crippen molar-refractivity contribution in [1.29, 1.82) is 0 Å². The zero-order valence-electron chi connectivity index (χ0n) is 14.1. The molecule has 126 valence electrons. The third-order valence-electron chi connectivity index (χ3n) is 4.29. The minimum atomic E-state index is -0.383. The highest BCUT2D eigenvalue weighted by Crippen LogP contribution is 2.35. The largest absolute Gasteiger partial charge is 0.465 e. The minimum absolute atomic E-state index is 0.209. The number of thiophene rings is 1. The fourth-order valence-corrected chi connectivity index (χ4v) is 4.25. The highest BCUT2D eigenvalue weighted by molar-refractivity contribution is 7.17. The molecule has 3 rings (SSSR count). The predicted octanol–water partition coefficient (Wildman–Crippen LogP) is 1.67. The van der Waals surface area contributed by atoms with E-state index in [1.165, 1.54) is 23.3 Å². The Labute approximate surface area is 145 Å². The van der Waals surface area contributed by atoms with Gasteiger partial charge in [-0.1, -0.05) is 17.7 Å². The maximum absolute atomic E-state index is 12.5. The van der Waals surface area contributed by atoms with Gasteiger partial charge in [-0.05, 0) is 24.6 Å². The van der Waals surface area contributed by atoms with Crippen molar-refractivity contribution in [3.8, 4) is 0 Å². The van der Waals surface area contributed by atoms with Crippen molar-refractivity contribution in [1.82, 2.24) is 0 Å². The van der Waals surface area contributed by atoms with E-state index in [2.05, 4.69) is 12.4 Å². The molecule has 5 nitrogen and oxygen atoms in total. The van der Waals surface area contributed by atoms with Gasteiger partial charge in [0.15, 0.2) is 0 Å². The van der Waals surface area contributed by atoms with Gasteiger partial charge < -0.3 is 15.0 Å². The van der Waals surface area contributed by atoms with Crippen molar-refractivity contribution < 1.29 is 19.2 Å². The van der Waals surface area contributed by atoms with Crippen LogP contribution in [0.25, 0.3) is 0 Å². The van der Waals surface area contributed by atoms with Gasteiger partial charge in [0.05, 0.1) is 31.1 Å². The Morgan fingerprint density at radius 2 is 1.96 bits per heavy atom. The lowest BCUT2D eigenvalue weighted by Crippen LogP contribution is -3.08. The molecule has 2 aromatic rings. The first-order valence-corrected chi connectivity index (χ1v) is 8.73. The van der Waals surface area contributed by atoms with E-state index in [0.29, 0.717) is 16.1 Å². The normalized spacial score (nSPS) is 16.4. The van der Waals surface area contributed by atoms with Crippen LogP contribution in [0.3, 0.4) is 0 Å². The van der Waals surface area contributed by atoms with Crippen LogP contribution in [0.1, 0.15) is 36.7 Å². The summed E-state index contributed by atoms with van der Waals surface area (Å²) in [6, 6.07) is 7.36. The molecule has 1 aromatic heterocycles. The van der Waals surface area contributed by atoms with Crippen LogP contribution in [0.15, 0.2) is 24.3 Å². The van der Waals surface area contributed by atoms with E-state index >= 15 is 0 Å². The fourth-order valence-electron chi connectivity index (χ4n) is 2.91. The van der Waals surface area contributed by atoms with Crippen LogP contribution < -0.4 is 10.2 Å². The number of rotatable bonds is 3. The minimum Gasteiger partial charge on any atom is -0.465 e. The van der Waals surface area contributed by atoms with Gasteiger partial charge in [0.2, 0.25) is 0 Å². The van der Waals surface area contributed by atoms with Gasteiger partial charge in [-0.3, -0.25) is 4.79 Å². The molecule has 0 radical (unpaired) electrons. The van der Waals surface area contributed by atoms with Crippen LogP contribution in [-0.4, -0.2) is 32.6 Å². The van der Waals surface area contributed by atoms with Crippen LogP contribution in [0.2, 0.25) is 0 Å². The molecule has 1 unspecified atom stereocenters. The van der Waals surface area contributed by atoms with Crippen molar-refractivity contribution in [2.75, 3.05) is 26.0 Å². The number of esters is 1. The second-order valence-electron chi connectivity index (χ2n) is 6.15. The summed E-state index contributed by atoms with van der Waals surface area (Å²) in [5.74, 6) is -0.592. The lowest BCUT2D eigenvalue weighted by Gasteiger charge is -2.19. The number of methoxy groups -OCH3 is 1. The first kappa shape index (κ1) is 16.7. The van der Waals surface area contributed by atoms with Crippen molar-refractivity contribution in [3.63, 3.8) is 0 Å². The average Bonchev–Trinajstić information content (AvgIpc) is 2.91. The molecule has 0 saturated heterocycles. The van der Waals surface area contributed by atoms with Crippen molar-refractivity contribution in [2.45, 2.75) is 19.9 Å². The summed E-state index contributed by atoms with van der Waals surface area (Å²) in [7, 11) is 3.50. The summed E-state index contributed by atoms with van der Waals surface area (Å²) in [5.41, 5.74) is 3.21. The molecule has 6 heteroatoms. The molecule has 1 aliphatic heterocycles. The highest BCUT2D eigenvalue weighted by atomic mass is 32.1. The van der Waals surface area contributed by atoms with Gasteiger partial charge in [-0.2, -0.15) is 0 Å².